The van der Waals surface area contributed by atoms with Crippen molar-refractivity contribution < 1.29 is 27.1 Å². The van der Waals surface area contributed by atoms with E-state index in [9.17, 15) is 22.4 Å². The van der Waals surface area contributed by atoms with Crippen molar-refractivity contribution in [3.8, 4) is 5.75 Å². The molecule has 3 aliphatic carbocycles. The number of anilines is 1. The molecule has 2 amide bonds. The molecule has 0 aliphatic heterocycles. The van der Waals surface area contributed by atoms with Crippen molar-refractivity contribution in [1.82, 2.24) is 10.0 Å². The number of sulfonamides is 1. The summed E-state index contributed by atoms with van der Waals surface area (Å²) in [7, 11) is -2.37. The maximum absolute atomic E-state index is 13.4. The topological polar surface area (TPSA) is 114 Å². The number of ether oxygens (including phenoxy) is 1. The van der Waals surface area contributed by atoms with Crippen molar-refractivity contribution in [2.75, 3.05) is 12.4 Å². The van der Waals surface area contributed by atoms with Gasteiger partial charge in [-0.2, -0.15) is 0 Å². The Morgan fingerprint density at radius 1 is 1.03 bits per heavy atom. The third kappa shape index (κ3) is 5.41. The van der Waals surface area contributed by atoms with Gasteiger partial charge in [-0.15, -0.1) is 0 Å². The van der Waals surface area contributed by atoms with Crippen LogP contribution in [0.15, 0.2) is 77.7 Å². The molecule has 3 aromatic carbocycles. The number of halogens is 1. The molecule has 198 valence electrons. The summed E-state index contributed by atoms with van der Waals surface area (Å²) in [6.45, 7) is 0. The molecule has 0 spiro atoms. The van der Waals surface area contributed by atoms with Gasteiger partial charge in [-0.3, -0.25) is 9.59 Å². The second kappa shape index (κ2) is 10.2. The highest BCUT2D eigenvalue weighted by Crippen LogP contribution is 2.57. The van der Waals surface area contributed by atoms with Gasteiger partial charge in [-0.1, -0.05) is 30.3 Å². The van der Waals surface area contributed by atoms with Crippen LogP contribution in [0.25, 0.3) is 0 Å². The zero-order chi connectivity index (χ0) is 26.9. The zero-order valence-corrected chi connectivity index (χ0v) is 21.6. The molecule has 0 unspecified atom stereocenters. The summed E-state index contributed by atoms with van der Waals surface area (Å²) in [6.07, 6.45) is 2.79. The van der Waals surface area contributed by atoms with E-state index < -0.39 is 33.7 Å². The number of rotatable bonds is 10. The molecule has 3 aromatic rings. The van der Waals surface area contributed by atoms with E-state index in [0.29, 0.717) is 5.92 Å². The smallest absolute Gasteiger partial charge is 0.251 e. The van der Waals surface area contributed by atoms with Crippen molar-refractivity contribution in [1.29, 1.82) is 0 Å². The standard InChI is InChI=1S/C28H28FN3O5S/c1-37-25-14-22(38(35,36)32-28-15-19(16-28)17-28)11-12-23(25)30-27(34)24(13-18-5-3-2-4-6-18)31-26(33)20-7-9-21(29)10-8-20/h2-12,14,19,24,32H,13,15-17H2,1H3,(H,30,34)(H,31,33)/t19?,24-,28?/m0/s1. The molecule has 3 aliphatic rings. The Hall–Kier alpha value is -3.76. The number of benzene rings is 3. The minimum atomic E-state index is -3.75. The lowest BCUT2D eigenvalue weighted by Gasteiger charge is -2.61. The SMILES string of the molecule is COc1cc(S(=O)(=O)NC23CC(C2)C3)ccc1NC(=O)[C@H](Cc1ccccc1)NC(=O)c1ccc(F)cc1. The predicted molar refractivity (Wildman–Crippen MR) is 140 cm³/mol. The molecule has 1 atom stereocenters. The van der Waals surface area contributed by atoms with Gasteiger partial charge in [-0.05, 0) is 67.1 Å². The fraction of sp³-hybridized carbons (Fsp3) is 0.286. The molecule has 3 N–H and O–H groups in total. The Morgan fingerprint density at radius 2 is 1.71 bits per heavy atom. The fourth-order valence-electron chi connectivity index (χ4n) is 5.01. The highest BCUT2D eigenvalue weighted by atomic mass is 32.2. The number of carbonyl (C=O) groups is 2. The van der Waals surface area contributed by atoms with E-state index in [0.717, 1.165) is 24.8 Å². The third-order valence-electron chi connectivity index (χ3n) is 7.14. The highest BCUT2D eigenvalue weighted by molar-refractivity contribution is 7.89. The summed E-state index contributed by atoms with van der Waals surface area (Å²) in [6, 6.07) is 17.5. The quantitative estimate of drug-likeness (QED) is 0.366. The first-order valence-corrected chi connectivity index (χ1v) is 13.8. The van der Waals surface area contributed by atoms with E-state index in [1.54, 1.807) is 0 Å². The molecule has 3 fully saturated rings. The normalized spacial score (nSPS) is 20.4. The molecular formula is C28H28FN3O5S. The number of hydrogen-bond acceptors (Lipinski definition) is 5. The molecule has 3 saturated carbocycles. The molecule has 0 heterocycles. The van der Waals surface area contributed by atoms with Crippen molar-refractivity contribution in [2.45, 2.75) is 42.2 Å². The first-order chi connectivity index (χ1) is 18.2. The van der Waals surface area contributed by atoms with Gasteiger partial charge in [0.05, 0.1) is 17.7 Å². The van der Waals surface area contributed by atoms with Gasteiger partial charge in [-0.25, -0.2) is 17.5 Å². The van der Waals surface area contributed by atoms with E-state index in [2.05, 4.69) is 15.4 Å². The molecule has 6 rings (SSSR count). The molecule has 0 radical (unpaired) electrons. The Morgan fingerprint density at radius 3 is 2.32 bits per heavy atom. The van der Waals surface area contributed by atoms with Gasteiger partial charge >= 0.3 is 0 Å². The Bertz CT molecular complexity index is 1440. The second-order valence-electron chi connectivity index (χ2n) is 9.94. The van der Waals surface area contributed by atoms with E-state index >= 15 is 0 Å². The molecular weight excluding hydrogens is 509 g/mol. The van der Waals surface area contributed by atoms with E-state index in [-0.39, 0.29) is 33.9 Å². The van der Waals surface area contributed by atoms with Crippen LogP contribution in [0.5, 0.6) is 5.75 Å². The number of amides is 2. The molecule has 2 bridgehead atoms. The van der Waals surface area contributed by atoms with Crippen LogP contribution in [-0.4, -0.2) is 38.9 Å². The van der Waals surface area contributed by atoms with Crippen LogP contribution in [0.4, 0.5) is 10.1 Å². The maximum Gasteiger partial charge on any atom is 0.251 e. The van der Waals surface area contributed by atoms with E-state index in [1.807, 2.05) is 30.3 Å². The minimum Gasteiger partial charge on any atom is -0.495 e. The summed E-state index contributed by atoms with van der Waals surface area (Å²) in [5, 5.41) is 5.47. The fourth-order valence-corrected chi connectivity index (χ4v) is 6.46. The number of methoxy groups -OCH3 is 1. The summed E-state index contributed by atoms with van der Waals surface area (Å²) >= 11 is 0. The lowest BCUT2D eigenvalue weighted by Crippen LogP contribution is -2.67. The van der Waals surface area contributed by atoms with Crippen molar-refractivity contribution in [2.24, 2.45) is 5.92 Å². The zero-order valence-electron chi connectivity index (χ0n) is 20.7. The number of nitrogens with one attached hydrogen (secondary N) is 3. The van der Waals surface area contributed by atoms with E-state index in [1.165, 1.54) is 49.6 Å². The number of carbonyl (C=O) groups excluding carboxylic acids is 2. The van der Waals surface area contributed by atoms with Gasteiger partial charge in [0.25, 0.3) is 5.91 Å². The molecule has 10 heteroatoms. The van der Waals surface area contributed by atoms with Crippen LogP contribution in [0.2, 0.25) is 0 Å². The average molecular weight is 538 g/mol. The van der Waals surface area contributed by atoms with Gasteiger partial charge in [0.2, 0.25) is 15.9 Å². The van der Waals surface area contributed by atoms with Crippen molar-refractivity contribution in [3.63, 3.8) is 0 Å². The predicted octanol–water partition coefficient (Wildman–Crippen LogP) is 3.64. The highest BCUT2D eigenvalue weighted by Gasteiger charge is 2.58. The molecule has 0 aromatic heterocycles. The summed E-state index contributed by atoms with van der Waals surface area (Å²) in [4.78, 5) is 26.2. The lowest BCUT2D eigenvalue weighted by atomic mass is 9.50. The van der Waals surface area contributed by atoms with Crippen LogP contribution >= 0.6 is 0 Å². The van der Waals surface area contributed by atoms with Crippen LogP contribution in [0, 0.1) is 11.7 Å². The van der Waals surface area contributed by atoms with Crippen LogP contribution in [0.1, 0.15) is 35.2 Å². The lowest BCUT2D eigenvalue weighted by molar-refractivity contribution is -0.118. The Balaban J connectivity index is 1.34. The Labute approximate surface area is 220 Å². The third-order valence-corrected chi connectivity index (χ3v) is 8.72. The average Bonchev–Trinajstić information content (AvgIpc) is 2.86. The van der Waals surface area contributed by atoms with Crippen LogP contribution < -0.4 is 20.1 Å². The Kier molecular flexibility index (Phi) is 6.93. The first-order valence-electron chi connectivity index (χ1n) is 12.3. The first kappa shape index (κ1) is 25.9. The minimum absolute atomic E-state index is 0.0440. The second-order valence-corrected chi connectivity index (χ2v) is 11.6. The summed E-state index contributed by atoms with van der Waals surface area (Å²) in [5.74, 6) is -0.740. The van der Waals surface area contributed by atoms with Gasteiger partial charge in [0.1, 0.15) is 17.6 Å². The van der Waals surface area contributed by atoms with Gasteiger partial charge in [0, 0.05) is 23.6 Å². The van der Waals surface area contributed by atoms with Gasteiger partial charge < -0.3 is 15.4 Å². The van der Waals surface area contributed by atoms with E-state index in [4.69, 9.17) is 4.74 Å². The van der Waals surface area contributed by atoms with Gasteiger partial charge in [0.15, 0.2) is 0 Å². The van der Waals surface area contributed by atoms with Crippen molar-refractivity contribution >= 4 is 27.5 Å². The molecule has 38 heavy (non-hydrogen) atoms. The molecule has 0 saturated heterocycles. The maximum atomic E-state index is 13.4. The summed E-state index contributed by atoms with van der Waals surface area (Å²) in [5.41, 5.74) is 0.966. The van der Waals surface area contributed by atoms with Crippen LogP contribution in [0.3, 0.4) is 0 Å². The molecule has 8 nitrogen and oxygen atoms in total. The number of hydrogen-bond donors (Lipinski definition) is 3. The summed E-state index contributed by atoms with van der Waals surface area (Å²) < 4.78 is 47.4. The van der Waals surface area contributed by atoms with Crippen molar-refractivity contribution in [3.05, 3.63) is 89.7 Å². The van der Waals surface area contributed by atoms with Crippen LogP contribution in [-0.2, 0) is 21.2 Å². The largest absolute Gasteiger partial charge is 0.495 e. The monoisotopic (exact) mass is 537 g/mol.